The Morgan fingerprint density at radius 3 is 1.56 bits per heavy atom. The van der Waals surface area contributed by atoms with E-state index in [2.05, 4.69) is 0 Å². The van der Waals surface area contributed by atoms with E-state index in [4.69, 9.17) is 14.2 Å². The second kappa shape index (κ2) is 36.4. The van der Waals surface area contributed by atoms with Gasteiger partial charge in [-0.1, -0.05) is 44.6 Å². The largest absolute Gasteiger partial charge is 0.382 e. The highest BCUT2D eigenvalue weighted by Crippen LogP contribution is 1.87. The van der Waals surface area contributed by atoms with Gasteiger partial charge >= 0.3 is 0 Å². The highest BCUT2D eigenvalue weighted by Gasteiger charge is 1.96. The summed E-state index contributed by atoms with van der Waals surface area (Å²) in [5.41, 5.74) is 0. The van der Waals surface area contributed by atoms with Crippen LogP contribution in [0.3, 0.4) is 0 Å². The van der Waals surface area contributed by atoms with Crippen LogP contribution in [-0.4, -0.2) is 40.1 Å². The first-order valence-electron chi connectivity index (χ1n) is 3.40. The average Bonchev–Trinajstić information content (AvgIpc) is 1.98. The molecular formula is C13H40O3. The molecule has 16 heavy (non-hydrogen) atoms. The summed E-state index contributed by atoms with van der Waals surface area (Å²) in [6.07, 6.45) is 0.178. The van der Waals surface area contributed by atoms with Gasteiger partial charge in [0, 0.05) is 14.2 Å². The van der Waals surface area contributed by atoms with Gasteiger partial charge in [0.05, 0.1) is 25.9 Å². The Kier molecular flexibility index (Phi) is 101. The summed E-state index contributed by atoms with van der Waals surface area (Å²) < 4.78 is 14.9. The fourth-order valence-corrected chi connectivity index (χ4v) is 0.460. The minimum atomic E-state index is 0. The predicted octanol–water partition coefficient (Wildman–Crippen LogP) is 4.50. The third-order valence-corrected chi connectivity index (χ3v) is 1.19. The van der Waals surface area contributed by atoms with Crippen LogP contribution in [0.4, 0.5) is 0 Å². The van der Waals surface area contributed by atoms with E-state index < -0.39 is 0 Å². The van der Waals surface area contributed by atoms with Crippen molar-refractivity contribution in [2.24, 2.45) is 0 Å². The molecule has 0 fully saturated rings. The highest BCUT2D eigenvalue weighted by molar-refractivity contribution is 4.43. The molecule has 0 rings (SSSR count). The quantitative estimate of drug-likeness (QED) is 0.644. The Bertz CT molecular complexity index is 68.2. The number of hydrogen-bond donors (Lipinski definition) is 0. The molecule has 0 N–H and O–H groups in total. The SMILES string of the molecule is C.C.C.C.C.C.COCCOCC(C)OC. The zero-order chi connectivity index (χ0) is 7.82. The fourth-order valence-electron chi connectivity index (χ4n) is 0.460. The second-order valence-electron chi connectivity index (χ2n) is 2.11. The molecule has 0 aliphatic rings. The third kappa shape index (κ3) is 37.1. The molecule has 0 aromatic rings. The zero-order valence-electron chi connectivity index (χ0n) is 6.92. The predicted molar refractivity (Wildman–Crippen MR) is 79.6 cm³/mol. The van der Waals surface area contributed by atoms with E-state index >= 15 is 0 Å². The maximum Gasteiger partial charge on any atom is 0.0776 e. The van der Waals surface area contributed by atoms with Gasteiger partial charge in [0.2, 0.25) is 0 Å². The van der Waals surface area contributed by atoms with Crippen LogP contribution in [-0.2, 0) is 14.2 Å². The third-order valence-electron chi connectivity index (χ3n) is 1.19. The lowest BCUT2D eigenvalue weighted by Crippen LogP contribution is -2.15. The molecule has 0 radical (unpaired) electrons. The van der Waals surface area contributed by atoms with Crippen molar-refractivity contribution in [2.75, 3.05) is 34.0 Å². The van der Waals surface area contributed by atoms with Gasteiger partial charge in [0.25, 0.3) is 0 Å². The molecule has 0 aliphatic carbocycles. The summed E-state index contributed by atoms with van der Waals surface area (Å²) in [4.78, 5) is 0. The van der Waals surface area contributed by atoms with Gasteiger partial charge in [0.1, 0.15) is 0 Å². The van der Waals surface area contributed by atoms with E-state index in [9.17, 15) is 0 Å². The van der Waals surface area contributed by atoms with E-state index in [1.807, 2.05) is 6.92 Å². The monoisotopic (exact) mass is 244 g/mol. The summed E-state index contributed by atoms with van der Waals surface area (Å²) in [7, 11) is 3.33. The molecule has 0 aromatic carbocycles. The molecule has 1 atom stereocenters. The van der Waals surface area contributed by atoms with Crippen molar-refractivity contribution in [3.8, 4) is 0 Å². The molecule has 3 heteroatoms. The summed E-state index contributed by atoms with van der Waals surface area (Å²) in [6.45, 7) is 3.90. The van der Waals surface area contributed by atoms with Crippen LogP contribution in [0.25, 0.3) is 0 Å². The molecular weight excluding hydrogens is 204 g/mol. The Balaban J connectivity index is -0.0000000270. The van der Waals surface area contributed by atoms with E-state index in [0.29, 0.717) is 19.8 Å². The number of methoxy groups -OCH3 is 2. The fraction of sp³-hybridized carbons (Fsp3) is 1.00. The maximum atomic E-state index is 5.18. The van der Waals surface area contributed by atoms with Crippen LogP contribution in [0, 0.1) is 0 Å². The molecule has 0 aromatic heterocycles. The van der Waals surface area contributed by atoms with Gasteiger partial charge in [0.15, 0.2) is 0 Å². The lowest BCUT2D eigenvalue weighted by Gasteiger charge is -2.08. The van der Waals surface area contributed by atoms with Crippen LogP contribution < -0.4 is 0 Å². The Hall–Kier alpha value is -0.120. The number of rotatable bonds is 6. The van der Waals surface area contributed by atoms with E-state index in [1.165, 1.54) is 0 Å². The summed E-state index contributed by atoms with van der Waals surface area (Å²) in [5.74, 6) is 0. The second-order valence-corrected chi connectivity index (χ2v) is 2.11. The lowest BCUT2D eigenvalue weighted by molar-refractivity contribution is 0.000968. The first kappa shape index (κ1) is 44.6. The van der Waals surface area contributed by atoms with Crippen LogP contribution in [0.2, 0.25) is 0 Å². The smallest absolute Gasteiger partial charge is 0.0776 e. The maximum absolute atomic E-state index is 5.18. The molecule has 110 valence electrons. The molecule has 0 amide bonds. The van der Waals surface area contributed by atoms with Gasteiger partial charge in [-0.3, -0.25) is 0 Å². The molecule has 1 unspecified atom stereocenters. The first-order valence-corrected chi connectivity index (χ1v) is 3.40. The van der Waals surface area contributed by atoms with Crippen molar-refractivity contribution in [1.29, 1.82) is 0 Å². The van der Waals surface area contributed by atoms with E-state index in [1.54, 1.807) is 14.2 Å². The zero-order valence-corrected chi connectivity index (χ0v) is 6.92. The normalized spacial score (nSPS) is 8.44. The Morgan fingerprint density at radius 1 is 0.812 bits per heavy atom. The van der Waals surface area contributed by atoms with Gasteiger partial charge in [-0.25, -0.2) is 0 Å². The summed E-state index contributed by atoms with van der Waals surface area (Å²) in [6, 6.07) is 0. The Morgan fingerprint density at radius 2 is 1.25 bits per heavy atom. The molecule has 0 saturated heterocycles. The summed E-state index contributed by atoms with van der Waals surface area (Å²) in [5, 5.41) is 0. The van der Waals surface area contributed by atoms with Gasteiger partial charge in [-0.05, 0) is 6.92 Å². The molecule has 3 nitrogen and oxygen atoms in total. The van der Waals surface area contributed by atoms with E-state index in [0.717, 1.165) is 0 Å². The summed E-state index contributed by atoms with van der Waals surface area (Å²) >= 11 is 0. The molecule has 0 heterocycles. The van der Waals surface area contributed by atoms with Crippen LogP contribution in [0.15, 0.2) is 0 Å². The molecule has 0 bridgehead atoms. The average molecular weight is 244 g/mol. The number of ether oxygens (including phenoxy) is 3. The topological polar surface area (TPSA) is 27.7 Å². The van der Waals surface area contributed by atoms with Crippen molar-refractivity contribution >= 4 is 0 Å². The molecule has 0 saturated carbocycles. The molecule has 0 aliphatic heterocycles. The van der Waals surface area contributed by atoms with Crippen LogP contribution in [0.5, 0.6) is 0 Å². The van der Waals surface area contributed by atoms with Crippen molar-refractivity contribution in [3.05, 3.63) is 0 Å². The highest BCUT2D eigenvalue weighted by atomic mass is 16.5. The van der Waals surface area contributed by atoms with Gasteiger partial charge in [-0.2, -0.15) is 0 Å². The van der Waals surface area contributed by atoms with Crippen molar-refractivity contribution < 1.29 is 14.2 Å². The van der Waals surface area contributed by atoms with Crippen LogP contribution in [0.1, 0.15) is 51.5 Å². The standard InChI is InChI=1S/C7H16O3.6CH4/c1-7(9-3)6-10-5-4-8-2;;;;;;/h7H,4-6H2,1-3H3;6*1H4. The van der Waals surface area contributed by atoms with Crippen molar-refractivity contribution in [3.63, 3.8) is 0 Å². The van der Waals surface area contributed by atoms with E-state index in [-0.39, 0.29) is 50.7 Å². The van der Waals surface area contributed by atoms with Gasteiger partial charge in [-0.15, -0.1) is 0 Å². The van der Waals surface area contributed by atoms with Gasteiger partial charge < -0.3 is 14.2 Å². The van der Waals surface area contributed by atoms with Crippen LogP contribution >= 0.6 is 0 Å². The first-order chi connectivity index (χ1) is 4.81. The Labute approximate surface area is 106 Å². The minimum absolute atomic E-state index is 0. The number of hydrogen-bond acceptors (Lipinski definition) is 3. The van der Waals surface area contributed by atoms with Crippen molar-refractivity contribution in [2.45, 2.75) is 57.6 Å². The molecule has 0 spiro atoms. The van der Waals surface area contributed by atoms with Crippen molar-refractivity contribution in [1.82, 2.24) is 0 Å². The lowest BCUT2D eigenvalue weighted by atomic mass is 10.4. The minimum Gasteiger partial charge on any atom is -0.382 e.